The van der Waals surface area contributed by atoms with Crippen molar-refractivity contribution in [2.45, 2.75) is 0 Å². The number of nitrogens with one attached hydrogen (secondary N) is 1. The molecule has 108 valence electrons. The minimum Gasteiger partial charge on any atom is -0.353 e. The highest BCUT2D eigenvalue weighted by Crippen LogP contribution is 2.34. The lowest BCUT2D eigenvalue weighted by atomic mass is 9.99. The number of hydrogen-bond donors (Lipinski definition) is 1. The summed E-state index contributed by atoms with van der Waals surface area (Å²) in [4.78, 5) is 7.90. The molecule has 0 aliphatic carbocycles. The van der Waals surface area contributed by atoms with Gasteiger partial charge < -0.3 is 4.98 Å². The Morgan fingerprint density at radius 1 is 0.696 bits per heavy atom. The van der Waals surface area contributed by atoms with Crippen LogP contribution in [0.1, 0.15) is 0 Å². The lowest BCUT2D eigenvalue weighted by molar-refractivity contribution is 1.35. The molecule has 0 bridgehead atoms. The molecular weight excluding hydrogens is 280 g/mol. The Labute approximate surface area is 133 Å². The Morgan fingerprint density at radius 2 is 1.52 bits per heavy atom. The number of rotatable bonds is 1. The molecule has 0 unspecified atom stereocenters. The van der Waals surface area contributed by atoms with Gasteiger partial charge in [-0.1, -0.05) is 54.6 Å². The minimum absolute atomic E-state index is 1.08. The van der Waals surface area contributed by atoms with Crippen molar-refractivity contribution in [3.8, 4) is 11.1 Å². The molecular formula is C21H14N2. The second kappa shape index (κ2) is 4.68. The van der Waals surface area contributed by atoms with Crippen molar-refractivity contribution in [3.05, 3.63) is 79.1 Å². The predicted octanol–water partition coefficient (Wildman–Crippen LogP) is 5.54. The average molecular weight is 294 g/mol. The number of pyridine rings is 1. The first-order valence-electron chi connectivity index (χ1n) is 7.74. The molecule has 0 aliphatic rings. The molecule has 0 radical (unpaired) electrons. The number of fused-ring (bicyclic) bond motifs is 4. The number of aromatic nitrogens is 2. The fourth-order valence-electron chi connectivity index (χ4n) is 3.38. The van der Waals surface area contributed by atoms with E-state index in [2.05, 4.69) is 76.7 Å². The van der Waals surface area contributed by atoms with Crippen molar-refractivity contribution in [3.63, 3.8) is 0 Å². The Balaban J connectivity index is 1.87. The number of benzene rings is 3. The molecule has 2 nitrogen and oxygen atoms in total. The van der Waals surface area contributed by atoms with Gasteiger partial charge in [0.05, 0.1) is 11.7 Å². The SMILES string of the molecule is c1ccc2cc(-c3cncc4[nH]c5ccccc5c34)ccc2c1. The van der Waals surface area contributed by atoms with Gasteiger partial charge in [-0.25, -0.2) is 0 Å². The topological polar surface area (TPSA) is 28.7 Å². The number of nitrogens with zero attached hydrogens (tertiary/aromatic N) is 1. The maximum atomic E-state index is 4.43. The highest BCUT2D eigenvalue weighted by atomic mass is 14.7. The first kappa shape index (κ1) is 12.4. The average Bonchev–Trinajstić information content (AvgIpc) is 3.00. The largest absolute Gasteiger partial charge is 0.353 e. The van der Waals surface area contributed by atoms with Crippen LogP contribution in [0.4, 0.5) is 0 Å². The van der Waals surface area contributed by atoms with Gasteiger partial charge >= 0.3 is 0 Å². The zero-order chi connectivity index (χ0) is 15.2. The number of hydrogen-bond acceptors (Lipinski definition) is 1. The zero-order valence-corrected chi connectivity index (χ0v) is 12.5. The van der Waals surface area contributed by atoms with Gasteiger partial charge in [0.1, 0.15) is 0 Å². The van der Waals surface area contributed by atoms with Crippen LogP contribution in [0.15, 0.2) is 79.1 Å². The van der Waals surface area contributed by atoms with Gasteiger partial charge in [-0.05, 0) is 28.5 Å². The van der Waals surface area contributed by atoms with E-state index in [1.165, 1.54) is 32.7 Å². The molecule has 2 aromatic heterocycles. The van der Waals surface area contributed by atoms with E-state index in [-0.39, 0.29) is 0 Å². The van der Waals surface area contributed by atoms with E-state index in [9.17, 15) is 0 Å². The van der Waals surface area contributed by atoms with E-state index in [0.717, 1.165) is 11.0 Å². The summed E-state index contributed by atoms with van der Waals surface area (Å²) >= 11 is 0. The Bertz CT molecular complexity index is 1170. The Hall–Kier alpha value is -3.13. The Kier molecular flexibility index (Phi) is 2.53. The third kappa shape index (κ3) is 1.85. The van der Waals surface area contributed by atoms with Crippen molar-refractivity contribution in [1.29, 1.82) is 0 Å². The summed E-state index contributed by atoms with van der Waals surface area (Å²) in [6.07, 6.45) is 3.87. The standard InChI is InChI=1S/C21H14N2/c1-2-6-15-11-16(10-9-14(15)5-1)18-12-22-13-20-21(18)17-7-3-4-8-19(17)23-20/h1-13,23H. The van der Waals surface area contributed by atoms with Crippen molar-refractivity contribution in [2.75, 3.05) is 0 Å². The van der Waals surface area contributed by atoms with Crippen LogP contribution in [-0.2, 0) is 0 Å². The fraction of sp³-hybridized carbons (Fsp3) is 0. The zero-order valence-electron chi connectivity index (χ0n) is 12.5. The van der Waals surface area contributed by atoms with Crippen molar-refractivity contribution in [2.24, 2.45) is 0 Å². The summed E-state index contributed by atoms with van der Waals surface area (Å²) in [5.41, 5.74) is 4.60. The second-order valence-electron chi connectivity index (χ2n) is 5.84. The third-order valence-electron chi connectivity index (χ3n) is 4.47. The van der Waals surface area contributed by atoms with E-state index in [1.807, 2.05) is 12.4 Å². The lowest BCUT2D eigenvalue weighted by Gasteiger charge is -2.06. The molecule has 2 heteroatoms. The summed E-state index contributed by atoms with van der Waals surface area (Å²) in [5, 5.41) is 5.00. The first-order valence-corrected chi connectivity index (χ1v) is 7.74. The van der Waals surface area contributed by atoms with E-state index >= 15 is 0 Å². The summed E-state index contributed by atoms with van der Waals surface area (Å²) < 4.78 is 0. The molecule has 0 fully saturated rings. The minimum atomic E-state index is 1.08. The van der Waals surface area contributed by atoms with Crippen LogP contribution in [0.2, 0.25) is 0 Å². The number of aromatic amines is 1. The fourth-order valence-corrected chi connectivity index (χ4v) is 3.38. The molecule has 3 aromatic carbocycles. The van der Waals surface area contributed by atoms with Crippen molar-refractivity contribution < 1.29 is 0 Å². The molecule has 5 rings (SSSR count). The molecule has 0 amide bonds. The first-order chi connectivity index (χ1) is 11.4. The molecule has 0 spiro atoms. The van der Waals surface area contributed by atoms with Crippen LogP contribution in [0.5, 0.6) is 0 Å². The number of para-hydroxylation sites is 1. The molecule has 1 N–H and O–H groups in total. The summed E-state index contributed by atoms with van der Waals surface area (Å²) in [5.74, 6) is 0. The molecule has 2 heterocycles. The van der Waals surface area contributed by atoms with Crippen LogP contribution >= 0.6 is 0 Å². The van der Waals surface area contributed by atoms with Gasteiger partial charge in [0.2, 0.25) is 0 Å². The third-order valence-corrected chi connectivity index (χ3v) is 4.47. The van der Waals surface area contributed by atoms with Crippen LogP contribution in [0, 0.1) is 0 Å². The smallest absolute Gasteiger partial charge is 0.0657 e. The van der Waals surface area contributed by atoms with E-state index in [0.29, 0.717) is 0 Å². The van der Waals surface area contributed by atoms with Gasteiger partial charge in [-0.15, -0.1) is 0 Å². The second-order valence-corrected chi connectivity index (χ2v) is 5.84. The molecule has 23 heavy (non-hydrogen) atoms. The number of H-pyrrole nitrogens is 1. The van der Waals surface area contributed by atoms with Crippen LogP contribution in [0.25, 0.3) is 43.7 Å². The van der Waals surface area contributed by atoms with Gasteiger partial charge in [0.15, 0.2) is 0 Å². The molecule has 0 aliphatic heterocycles. The van der Waals surface area contributed by atoms with Crippen molar-refractivity contribution >= 4 is 32.6 Å². The lowest BCUT2D eigenvalue weighted by Crippen LogP contribution is -1.83. The molecule has 0 saturated carbocycles. The van der Waals surface area contributed by atoms with Gasteiger partial charge in [0, 0.05) is 28.0 Å². The maximum Gasteiger partial charge on any atom is 0.0657 e. The van der Waals surface area contributed by atoms with Gasteiger partial charge in [-0.3, -0.25) is 4.98 Å². The normalized spacial score (nSPS) is 11.5. The quantitative estimate of drug-likeness (QED) is 0.432. The highest BCUT2D eigenvalue weighted by Gasteiger charge is 2.10. The summed E-state index contributed by atoms with van der Waals surface area (Å²) in [6.45, 7) is 0. The maximum absolute atomic E-state index is 4.43. The van der Waals surface area contributed by atoms with Gasteiger partial charge in [0.25, 0.3) is 0 Å². The van der Waals surface area contributed by atoms with Crippen molar-refractivity contribution in [1.82, 2.24) is 9.97 Å². The summed E-state index contributed by atoms with van der Waals surface area (Å²) in [6, 6.07) is 23.5. The predicted molar refractivity (Wildman–Crippen MR) is 96.5 cm³/mol. The highest BCUT2D eigenvalue weighted by molar-refractivity contribution is 6.14. The molecule has 0 saturated heterocycles. The van der Waals surface area contributed by atoms with E-state index in [1.54, 1.807) is 0 Å². The monoisotopic (exact) mass is 294 g/mol. The van der Waals surface area contributed by atoms with Crippen LogP contribution < -0.4 is 0 Å². The van der Waals surface area contributed by atoms with Crippen LogP contribution in [0.3, 0.4) is 0 Å². The van der Waals surface area contributed by atoms with E-state index in [4.69, 9.17) is 0 Å². The van der Waals surface area contributed by atoms with Crippen LogP contribution in [-0.4, -0.2) is 9.97 Å². The molecule has 5 aromatic rings. The summed E-state index contributed by atoms with van der Waals surface area (Å²) in [7, 11) is 0. The van der Waals surface area contributed by atoms with E-state index < -0.39 is 0 Å². The molecule has 0 atom stereocenters. The Morgan fingerprint density at radius 3 is 2.48 bits per heavy atom. The van der Waals surface area contributed by atoms with Gasteiger partial charge in [-0.2, -0.15) is 0 Å².